The van der Waals surface area contributed by atoms with Crippen LogP contribution in [-0.2, 0) is 14.3 Å². The Morgan fingerprint density at radius 1 is 1.17 bits per heavy atom. The Labute approximate surface area is 136 Å². The molecule has 0 aromatic heterocycles. The Bertz CT molecular complexity index is 569. The highest BCUT2D eigenvalue weighted by Gasteiger charge is 2.40. The second-order valence-corrected chi connectivity index (χ2v) is 6.58. The lowest BCUT2D eigenvalue weighted by Gasteiger charge is -2.20. The smallest absolute Gasteiger partial charge is 0.306 e. The molecule has 2 aliphatic carbocycles. The van der Waals surface area contributed by atoms with E-state index in [4.69, 9.17) is 9.47 Å². The number of nitrogens with one attached hydrogen (secondary N) is 1. The largest absolute Gasteiger partial charge is 0.497 e. The molecule has 2 saturated carbocycles. The maximum absolute atomic E-state index is 11.9. The van der Waals surface area contributed by atoms with Crippen molar-refractivity contribution >= 4 is 17.6 Å². The molecule has 2 bridgehead atoms. The summed E-state index contributed by atoms with van der Waals surface area (Å²) < 4.78 is 10.2. The van der Waals surface area contributed by atoms with E-state index in [0.717, 1.165) is 18.1 Å². The van der Waals surface area contributed by atoms with Gasteiger partial charge in [-0.05, 0) is 61.3 Å². The van der Waals surface area contributed by atoms with Crippen LogP contribution in [0, 0.1) is 17.8 Å². The lowest BCUT2D eigenvalue weighted by atomic mass is 9.86. The van der Waals surface area contributed by atoms with Crippen LogP contribution in [0.3, 0.4) is 0 Å². The molecule has 3 atom stereocenters. The number of hydrogen-bond acceptors (Lipinski definition) is 4. The van der Waals surface area contributed by atoms with Gasteiger partial charge in [0.05, 0.1) is 7.11 Å². The van der Waals surface area contributed by atoms with Crippen molar-refractivity contribution < 1.29 is 19.1 Å². The van der Waals surface area contributed by atoms with Gasteiger partial charge in [0.15, 0.2) is 6.61 Å². The lowest BCUT2D eigenvalue weighted by Crippen LogP contribution is -2.23. The first kappa shape index (κ1) is 15.8. The van der Waals surface area contributed by atoms with E-state index in [1.807, 2.05) is 0 Å². The first-order valence-electron chi connectivity index (χ1n) is 8.23. The molecule has 2 fully saturated rings. The summed E-state index contributed by atoms with van der Waals surface area (Å²) in [6, 6.07) is 7.01. The minimum absolute atomic E-state index is 0.230. The van der Waals surface area contributed by atoms with Gasteiger partial charge in [-0.1, -0.05) is 6.42 Å². The molecule has 0 heterocycles. The van der Waals surface area contributed by atoms with E-state index < -0.39 is 0 Å². The molecule has 3 rings (SSSR count). The predicted molar refractivity (Wildman–Crippen MR) is 86.1 cm³/mol. The van der Waals surface area contributed by atoms with Crippen molar-refractivity contribution in [1.82, 2.24) is 0 Å². The molecule has 1 amide bonds. The van der Waals surface area contributed by atoms with Crippen LogP contribution in [0.1, 0.15) is 32.1 Å². The Morgan fingerprint density at radius 2 is 1.96 bits per heavy atom. The standard InChI is InChI=1S/C18H23NO4/c1-22-16-6-4-15(5-7-16)19-17(20)11-23-18(21)10-14-9-12-2-3-13(14)8-12/h4-7,12-14H,2-3,8-11H2,1H3,(H,19,20)/t12-,13-,14+/m1/s1. The Hall–Kier alpha value is -2.04. The number of esters is 1. The molecule has 1 N–H and O–H groups in total. The number of carbonyl (C=O) groups is 2. The summed E-state index contributed by atoms with van der Waals surface area (Å²) in [5, 5.41) is 2.70. The van der Waals surface area contributed by atoms with Gasteiger partial charge in [0.25, 0.3) is 5.91 Å². The molecule has 2 aliphatic rings. The van der Waals surface area contributed by atoms with Crippen LogP contribution in [0.5, 0.6) is 5.75 Å². The molecular formula is C18H23NO4. The number of amides is 1. The predicted octanol–water partition coefficient (Wildman–Crippen LogP) is 3.00. The maximum atomic E-state index is 11.9. The molecule has 1 aromatic carbocycles. The average molecular weight is 317 g/mol. The number of carbonyl (C=O) groups excluding carboxylic acids is 2. The third-order valence-corrected chi connectivity index (χ3v) is 5.05. The maximum Gasteiger partial charge on any atom is 0.306 e. The van der Waals surface area contributed by atoms with Crippen LogP contribution >= 0.6 is 0 Å². The number of methoxy groups -OCH3 is 1. The molecule has 23 heavy (non-hydrogen) atoms. The number of hydrogen-bond donors (Lipinski definition) is 1. The van der Waals surface area contributed by atoms with Crippen molar-refractivity contribution in [3.8, 4) is 5.75 Å². The zero-order chi connectivity index (χ0) is 16.2. The summed E-state index contributed by atoms with van der Waals surface area (Å²) in [5.74, 6) is 2.12. The number of ether oxygens (including phenoxy) is 2. The van der Waals surface area contributed by atoms with Crippen molar-refractivity contribution in [3.63, 3.8) is 0 Å². The minimum Gasteiger partial charge on any atom is -0.497 e. The molecule has 0 saturated heterocycles. The molecule has 0 radical (unpaired) electrons. The van der Waals surface area contributed by atoms with Gasteiger partial charge in [-0.2, -0.15) is 0 Å². The van der Waals surface area contributed by atoms with E-state index in [2.05, 4.69) is 5.32 Å². The summed E-state index contributed by atoms with van der Waals surface area (Å²) >= 11 is 0. The summed E-state index contributed by atoms with van der Waals surface area (Å²) in [6.45, 7) is -0.230. The summed E-state index contributed by atoms with van der Waals surface area (Å²) in [5.41, 5.74) is 0.653. The van der Waals surface area contributed by atoms with Gasteiger partial charge >= 0.3 is 5.97 Å². The van der Waals surface area contributed by atoms with Gasteiger partial charge in [-0.3, -0.25) is 9.59 Å². The molecule has 5 nitrogen and oxygen atoms in total. The zero-order valence-corrected chi connectivity index (χ0v) is 13.4. The monoisotopic (exact) mass is 317 g/mol. The van der Waals surface area contributed by atoms with Crippen molar-refractivity contribution in [2.24, 2.45) is 17.8 Å². The van der Waals surface area contributed by atoms with Gasteiger partial charge < -0.3 is 14.8 Å². The molecule has 0 aliphatic heterocycles. The van der Waals surface area contributed by atoms with Crippen LogP contribution in [0.2, 0.25) is 0 Å². The average Bonchev–Trinajstić information content (AvgIpc) is 3.16. The second-order valence-electron chi connectivity index (χ2n) is 6.58. The zero-order valence-electron chi connectivity index (χ0n) is 13.4. The van der Waals surface area contributed by atoms with E-state index in [1.165, 1.54) is 19.3 Å². The molecule has 5 heteroatoms. The SMILES string of the molecule is COc1ccc(NC(=O)COC(=O)C[C@@H]2C[C@@H]3CC[C@@H]2C3)cc1. The first-order chi connectivity index (χ1) is 11.1. The van der Waals surface area contributed by atoms with Crippen LogP contribution in [0.4, 0.5) is 5.69 Å². The van der Waals surface area contributed by atoms with Crippen molar-refractivity contribution in [3.05, 3.63) is 24.3 Å². The highest BCUT2D eigenvalue weighted by Crippen LogP contribution is 2.49. The van der Waals surface area contributed by atoms with E-state index in [0.29, 0.717) is 23.9 Å². The second kappa shape index (κ2) is 7.02. The van der Waals surface area contributed by atoms with Gasteiger partial charge in [0.1, 0.15) is 5.75 Å². The molecular weight excluding hydrogens is 294 g/mol. The van der Waals surface area contributed by atoms with Crippen LogP contribution in [0.15, 0.2) is 24.3 Å². The fourth-order valence-corrected chi connectivity index (χ4v) is 3.92. The van der Waals surface area contributed by atoms with Gasteiger partial charge in [-0.25, -0.2) is 0 Å². The van der Waals surface area contributed by atoms with Crippen molar-refractivity contribution in [2.75, 3.05) is 19.0 Å². The molecule has 0 spiro atoms. The fraction of sp³-hybridized carbons (Fsp3) is 0.556. The van der Waals surface area contributed by atoms with Crippen LogP contribution in [0.25, 0.3) is 0 Å². The van der Waals surface area contributed by atoms with E-state index in [-0.39, 0.29) is 18.5 Å². The number of fused-ring (bicyclic) bond motifs is 2. The highest BCUT2D eigenvalue weighted by atomic mass is 16.5. The number of anilines is 1. The van der Waals surface area contributed by atoms with Crippen molar-refractivity contribution in [1.29, 1.82) is 0 Å². The van der Waals surface area contributed by atoms with E-state index >= 15 is 0 Å². The molecule has 1 aromatic rings. The Kier molecular flexibility index (Phi) is 4.84. The number of rotatable bonds is 6. The Morgan fingerprint density at radius 3 is 2.57 bits per heavy atom. The summed E-state index contributed by atoms with van der Waals surface area (Å²) in [4.78, 5) is 23.7. The Balaban J connectivity index is 1.39. The minimum atomic E-state index is -0.323. The van der Waals surface area contributed by atoms with E-state index in [9.17, 15) is 9.59 Å². The molecule has 0 unspecified atom stereocenters. The first-order valence-corrected chi connectivity index (χ1v) is 8.23. The van der Waals surface area contributed by atoms with Crippen LogP contribution < -0.4 is 10.1 Å². The topological polar surface area (TPSA) is 64.6 Å². The van der Waals surface area contributed by atoms with E-state index in [1.54, 1.807) is 31.4 Å². The number of benzene rings is 1. The third kappa shape index (κ3) is 4.03. The highest BCUT2D eigenvalue weighted by molar-refractivity contribution is 5.92. The summed E-state index contributed by atoms with van der Waals surface area (Å²) in [7, 11) is 1.59. The van der Waals surface area contributed by atoms with Crippen molar-refractivity contribution in [2.45, 2.75) is 32.1 Å². The van der Waals surface area contributed by atoms with Gasteiger partial charge in [0, 0.05) is 12.1 Å². The molecule has 124 valence electrons. The third-order valence-electron chi connectivity index (χ3n) is 5.05. The normalized spacial score (nSPS) is 25.2. The van der Waals surface area contributed by atoms with Gasteiger partial charge in [-0.15, -0.1) is 0 Å². The van der Waals surface area contributed by atoms with Crippen LogP contribution in [-0.4, -0.2) is 25.6 Å². The lowest BCUT2D eigenvalue weighted by molar-refractivity contribution is -0.148. The summed E-state index contributed by atoms with van der Waals surface area (Å²) in [6.07, 6.45) is 5.45. The van der Waals surface area contributed by atoms with Gasteiger partial charge in [0.2, 0.25) is 0 Å². The quantitative estimate of drug-likeness (QED) is 0.819. The fourth-order valence-electron chi connectivity index (χ4n) is 3.92.